The second-order valence-electron chi connectivity index (χ2n) is 7.64. The molecule has 1 saturated heterocycles. The molecule has 0 radical (unpaired) electrons. The third-order valence-corrected chi connectivity index (χ3v) is 5.48. The van der Waals surface area contributed by atoms with E-state index >= 15 is 0 Å². The standard InChI is InChI=1S/C23H25N3O2/c1-16-8-9-20(17(2)14-16)23(27)26-12-10-18(11-13-26)15-21-24-22(25-28-21)19-6-4-3-5-7-19/h3-9,14,18H,10-13,15H2,1-2H3. The van der Waals surface area contributed by atoms with Gasteiger partial charge in [0, 0.05) is 30.6 Å². The summed E-state index contributed by atoms with van der Waals surface area (Å²) in [5.41, 5.74) is 4.01. The Balaban J connectivity index is 1.34. The zero-order valence-corrected chi connectivity index (χ0v) is 16.4. The van der Waals surface area contributed by atoms with Crippen LogP contribution >= 0.6 is 0 Å². The van der Waals surface area contributed by atoms with E-state index in [1.54, 1.807) is 0 Å². The van der Waals surface area contributed by atoms with Crippen LogP contribution in [0.15, 0.2) is 53.1 Å². The lowest BCUT2D eigenvalue weighted by Crippen LogP contribution is -2.39. The van der Waals surface area contributed by atoms with Crippen LogP contribution in [0, 0.1) is 19.8 Å². The van der Waals surface area contributed by atoms with Crippen LogP contribution in [0.1, 0.15) is 40.2 Å². The first-order valence-electron chi connectivity index (χ1n) is 9.84. The molecule has 0 aliphatic carbocycles. The van der Waals surface area contributed by atoms with Crippen molar-refractivity contribution in [1.82, 2.24) is 15.0 Å². The molecule has 0 bridgehead atoms. The van der Waals surface area contributed by atoms with Crippen LogP contribution in [0.5, 0.6) is 0 Å². The summed E-state index contributed by atoms with van der Waals surface area (Å²) in [6.07, 6.45) is 2.69. The first-order chi connectivity index (χ1) is 13.6. The van der Waals surface area contributed by atoms with Crippen molar-refractivity contribution in [3.8, 4) is 11.4 Å². The first-order valence-corrected chi connectivity index (χ1v) is 9.84. The van der Waals surface area contributed by atoms with Gasteiger partial charge in [0.2, 0.25) is 11.7 Å². The minimum atomic E-state index is 0.139. The molecule has 3 aromatic rings. The minimum absolute atomic E-state index is 0.139. The maximum Gasteiger partial charge on any atom is 0.254 e. The molecule has 1 aromatic heterocycles. The number of hydrogen-bond acceptors (Lipinski definition) is 4. The summed E-state index contributed by atoms with van der Waals surface area (Å²) in [5, 5.41) is 4.10. The van der Waals surface area contributed by atoms with E-state index in [1.165, 1.54) is 5.56 Å². The maximum absolute atomic E-state index is 12.8. The number of carbonyl (C=O) groups excluding carboxylic acids is 1. The molecule has 1 aliphatic heterocycles. The zero-order valence-electron chi connectivity index (χ0n) is 16.4. The van der Waals surface area contributed by atoms with E-state index in [4.69, 9.17) is 4.52 Å². The predicted octanol–water partition coefficient (Wildman–Crippen LogP) is 4.45. The predicted molar refractivity (Wildman–Crippen MR) is 108 cm³/mol. The number of piperidine rings is 1. The van der Waals surface area contributed by atoms with E-state index < -0.39 is 0 Å². The van der Waals surface area contributed by atoms with Gasteiger partial charge in [0.15, 0.2) is 0 Å². The van der Waals surface area contributed by atoms with Crippen LogP contribution in [0.4, 0.5) is 0 Å². The summed E-state index contributed by atoms with van der Waals surface area (Å²) < 4.78 is 5.45. The molecule has 1 fully saturated rings. The molecular weight excluding hydrogens is 350 g/mol. The highest BCUT2D eigenvalue weighted by Crippen LogP contribution is 2.24. The number of aryl methyl sites for hydroxylation is 2. The lowest BCUT2D eigenvalue weighted by molar-refractivity contribution is 0.0686. The van der Waals surface area contributed by atoms with Crippen molar-refractivity contribution in [2.24, 2.45) is 5.92 Å². The van der Waals surface area contributed by atoms with Crippen molar-refractivity contribution in [2.45, 2.75) is 33.1 Å². The molecule has 0 unspecified atom stereocenters. The fourth-order valence-corrected chi connectivity index (χ4v) is 3.85. The molecule has 4 rings (SSSR count). The largest absolute Gasteiger partial charge is 0.339 e. The highest BCUT2D eigenvalue weighted by molar-refractivity contribution is 5.95. The van der Waals surface area contributed by atoms with E-state index in [1.807, 2.05) is 61.2 Å². The van der Waals surface area contributed by atoms with Gasteiger partial charge in [-0.25, -0.2) is 0 Å². The van der Waals surface area contributed by atoms with E-state index in [2.05, 4.69) is 16.2 Å². The molecule has 5 nitrogen and oxygen atoms in total. The Morgan fingerprint density at radius 3 is 2.57 bits per heavy atom. The fourth-order valence-electron chi connectivity index (χ4n) is 3.85. The summed E-state index contributed by atoms with van der Waals surface area (Å²) in [6.45, 7) is 5.60. The Hall–Kier alpha value is -2.95. The van der Waals surface area contributed by atoms with Crippen molar-refractivity contribution in [3.05, 3.63) is 71.1 Å². The third-order valence-electron chi connectivity index (χ3n) is 5.48. The molecule has 5 heteroatoms. The molecular formula is C23H25N3O2. The quantitative estimate of drug-likeness (QED) is 0.676. The summed E-state index contributed by atoms with van der Waals surface area (Å²) >= 11 is 0. The van der Waals surface area contributed by atoms with Gasteiger partial charge >= 0.3 is 0 Å². The van der Waals surface area contributed by atoms with Gasteiger partial charge in [0.05, 0.1) is 0 Å². The van der Waals surface area contributed by atoms with Crippen LogP contribution in [-0.4, -0.2) is 34.0 Å². The second kappa shape index (κ2) is 7.97. The fraction of sp³-hybridized carbons (Fsp3) is 0.348. The molecule has 2 aromatic carbocycles. The Morgan fingerprint density at radius 2 is 1.86 bits per heavy atom. The van der Waals surface area contributed by atoms with E-state index in [0.717, 1.165) is 49.0 Å². The molecule has 28 heavy (non-hydrogen) atoms. The summed E-state index contributed by atoms with van der Waals surface area (Å²) in [7, 11) is 0. The van der Waals surface area contributed by atoms with Gasteiger partial charge in [0.1, 0.15) is 0 Å². The van der Waals surface area contributed by atoms with Crippen LogP contribution in [-0.2, 0) is 6.42 Å². The zero-order chi connectivity index (χ0) is 19.5. The van der Waals surface area contributed by atoms with Crippen LogP contribution in [0.3, 0.4) is 0 Å². The Kier molecular flexibility index (Phi) is 5.24. The number of aromatic nitrogens is 2. The van der Waals surface area contributed by atoms with Crippen molar-refractivity contribution in [3.63, 3.8) is 0 Å². The van der Waals surface area contributed by atoms with Crippen molar-refractivity contribution in [2.75, 3.05) is 13.1 Å². The van der Waals surface area contributed by atoms with Gasteiger partial charge in [-0.3, -0.25) is 4.79 Å². The average molecular weight is 375 g/mol. The molecule has 144 valence electrons. The molecule has 1 amide bonds. The molecule has 0 spiro atoms. The highest BCUT2D eigenvalue weighted by atomic mass is 16.5. The number of carbonyl (C=O) groups is 1. The maximum atomic E-state index is 12.8. The van der Waals surface area contributed by atoms with Gasteiger partial charge in [-0.2, -0.15) is 4.98 Å². The van der Waals surface area contributed by atoms with Crippen molar-refractivity contribution < 1.29 is 9.32 Å². The number of hydrogen-bond donors (Lipinski definition) is 0. The van der Waals surface area contributed by atoms with E-state index in [0.29, 0.717) is 17.6 Å². The Labute approximate surface area is 165 Å². The third kappa shape index (κ3) is 3.98. The molecule has 0 atom stereocenters. The smallest absolute Gasteiger partial charge is 0.254 e. The summed E-state index contributed by atoms with van der Waals surface area (Å²) in [4.78, 5) is 19.3. The Morgan fingerprint density at radius 1 is 1.11 bits per heavy atom. The van der Waals surface area contributed by atoms with Crippen LogP contribution < -0.4 is 0 Å². The number of benzene rings is 2. The van der Waals surface area contributed by atoms with Gasteiger partial charge in [-0.1, -0.05) is 53.2 Å². The highest BCUT2D eigenvalue weighted by Gasteiger charge is 2.26. The molecule has 0 saturated carbocycles. The van der Waals surface area contributed by atoms with Crippen molar-refractivity contribution in [1.29, 1.82) is 0 Å². The summed E-state index contributed by atoms with van der Waals surface area (Å²) in [5.74, 6) is 1.92. The molecule has 1 aliphatic rings. The Bertz CT molecular complexity index is 957. The molecule has 2 heterocycles. The summed E-state index contributed by atoms with van der Waals surface area (Å²) in [6, 6.07) is 15.9. The van der Waals surface area contributed by atoms with Gasteiger partial charge in [-0.15, -0.1) is 0 Å². The number of amides is 1. The number of rotatable bonds is 4. The van der Waals surface area contributed by atoms with Crippen molar-refractivity contribution >= 4 is 5.91 Å². The topological polar surface area (TPSA) is 59.2 Å². The van der Waals surface area contributed by atoms with E-state index in [-0.39, 0.29) is 5.91 Å². The number of likely N-dealkylation sites (tertiary alicyclic amines) is 1. The van der Waals surface area contributed by atoms with Gasteiger partial charge in [-0.05, 0) is 44.2 Å². The first kappa shape index (κ1) is 18.4. The number of nitrogens with zero attached hydrogens (tertiary/aromatic N) is 3. The van der Waals surface area contributed by atoms with Crippen LogP contribution in [0.2, 0.25) is 0 Å². The second-order valence-corrected chi connectivity index (χ2v) is 7.64. The van der Waals surface area contributed by atoms with Crippen LogP contribution in [0.25, 0.3) is 11.4 Å². The lowest BCUT2D eigenvalue weighted by atomic mass is 9.93. The minimum Gasteiger partial charge on any atom is -0.339 e. The monoisotopic (exact) mass is 375 g/mol. The van der Waals surface area contributed by atoms with Gasteiger partial charge in [0.25, 0.3) is 5.91 Å². The SMILES string of the molecule is Cc1ccc(C(=O)N2CCC(Cc3nc(-c4ccccc4)no3)CC2)c(C)c1. The lowest BCUT2D eigenvalue weighted by Gasteiger charge is -2.32. The average Bonchev–Trinajstić information content (AvgIpc) is 3.17. The van der Waals surface area contributed by atoms with Gasteiger partial charge < -0.3 is 9.42 Å². The van der Waals surface area contributed by atoms with E-state index in [9.17, 15) is 4.79 Å². The molecule has 0 N–H and O–H groups in total. The normalized spacial score (nSPS) is 15.0.